The number of aliphatic hydroxyl groups is 1. The fourth-order valence-electron chi connectivity index (χ4n) is 8.07. The largest absolute Gasteiger partial charge is 0.455 e. The molecule has 0 aliphatic heterocycles. The first-order chi connectivity index (χ1) is 13.3. The normalized spacial score (nSPS) is 47.4. The number of hydrogen-bond donors (Lipinski definition) is 1. The van der Waals surface area contributed by atoms with E-state index in [9.17, 15) is 14.7 Å². The lowest BCUT2D eigenvalue weighted by Gasteiger charge is -2.60. The first kappa shape index (κ1) is 20.1. The van der Waals surface area contributed by atoms with Crippen LogP contribution in [0.15, 0.2) is 12.7 Å². The Morgan fingerprint density at radius 3 is 2.50 bits per heavy atom. The molecule has 0 heterocycles. The van der Waals surface area contributed by atoms with Crippen molar-refractivity contribution < 1.29 is 19.4 Å². The molecule has 156 valence electrons. The highest BCUT2D eigenvalue weighted by Gasteiger charge is 2.61. The predicted molar refractivity (Wildman–Crippen MR) is 107 cm³/mol. The predicted octanol–water partition coefficient (Wildman–Crippen LogP) is 4.30. The highest BCUT2D eigenvalue weighted by Crippen LogP contribution is 2.67. The van der Waals surface area contributed by atoms with Crippen LogP contribution in [0.4, 0.5) is 0 Å². The Bertz CT molecular complexity index is 657. The minimum absolute atomic E-state index is 0.0229. The summed E-state index contributed by atoms with van der Waals surface area (Å²) in [5, 5.41) is 10.2. The molecule has 4 heteroatoms. The van der Waals surface area contributed by atoms with Crippen LogP contribution in [0.5, 0.6) is 0 Å². The molecule has 4 aliphatic rings. The van der Waals surface area contributed by atoms with Crippen LogP contribution in [0, 0.1) is 40.4 Å². The molecule has 0 aromatic rings. The van der Waals surface area contributed by atoms with Crippen molar-refractivity contribution in [3.05, 3.63) is 12.7 Å². The summed E-state index contributed by atoms with van der Waals surface area (Å²) in [7, 11) is 0. The van der Waals surface area contributed by atoms with Crippen LogP contribution in [-0.2, 0) is 14.3 Å². The van der Waals surface area contributed by atoms with E-state index in [1.54, 1.807) is 0 Å². The van der Waals surface area contributed by atoms with Gasteiger partial charge in [0.15, 0.2) is 12.4 Å². The molecule has 8 unspecified atom stereocenters. The maximum Gasteiger partial charge on any atom is 0.330 e. The molecule has 4 saturated carbocycles. The molecule has 4 aliphatic carbocycles. The van der Waals surface area contributed by atoms with Crippen LogP contribution in [0.25, 0.3) is 0 Å². The van der Waals surface area contributed by atoms with Crippen LogP contribution in [0.1, 0.15) is 71.6 Å². The number of hydrogen-bond acceptors (Lipinski definition) is 4. The molecule has 4 rings (SSSR count). The van der Waals surface area contributed by atoms with E-state index < -0.39 is 5.97 Å². The topological polar surface area (TPSA) is 63.6 Å². The summed E-state index contributed by atoms with van der Waals surface area (Å²) in [5.41, 5.74) is 0.418. The number of fused-ring (bicyclic) bond motifs is 5. The number of rotatable bonds is 4. The molecule has 4 nitrogen and oxygen atoms in total. The molecule has 28 heavy (non-hydrogen) atoms. The zero-order valence-corrected chi connectivity index (χ0v) is 17.5. The van der Waals surface area contributed by atoms with Gasteiger partial charge < -0.3 is 9.84 Å². The van der Waals surface area contributed by atoms with E-state index in [2.05, 4.69) is 20.4 Å². The van der Waals surface area contributed by atoms with Gasteiger partial charge in [-0.1, -0.05) is 20.4 Å². The number of esters is 1. The molecule has 0 aromatic carbocycles. The first-order valence-electron chi connectivity index (χ1n) is 11.3. The van der Waals surface area contributed by atoms with Crippen molar-refractivity contribution in [3.8, 4) is 0 Å². The van der Waals surface area contributed by atoms with E-state index in [-0.39, 0.29) is 29.8 Å². The number of carbonyl (C=O) groups excluding carboxylic acids is 2. The Labute approximate surface area is 169 Å². The minimum atomic E-state index is -0.512. The number of ketones is 1. The van der Waals surface area contributed by atoms with E-state index in [1.807, 2.05) is 0 Å². The number of carbonyl (C=O) groups is 2. The Balaban J connectivity index is 1.50. The molecular weight excluding hydrogens is 352 g/mol. The van der Waals surface area contributed by atoms with E-state index in [0.29, 0.717) is 23.2 Å². The van der Waals surface area contributed by atoms with Crippen molar-refractivity contribution in [1.82, 2.24) is 0 Å². The number of aliphatic hydroxyl groups excluding tert-OH is 1. The highest BCUT2D eigenvalue weighted by molar-refractivity contribution is 5.88. The zero-order chi connectivity index (χ0) is 20.1. The Kier molecular flexibility index (Phi) is 5.22. The van der Waals surface area contributed by atoms with Gasteiger partial charge in [0.05, 0.1) is 6.10 Å². The number of Topliss-reactive ketones (excluding diaryl/α,β-unsaturated/α-hetero) is 1. The molecule has 0 saturated heterocycles. The van der Waals surface area contributed by atoms with Gasteiger partial charge in [-0.2, -0.15) is 0 Å². The Hall–Kier alpha value is -1.16. The molecule has 1 N–H and O–H groups in total. The van der Waals surface area contributed by atoms with Crippen molar-refractivity contribution in [2.75, 3.05) is 6.61 Å². The van der Waals surface area contributed by atoms with Crippen LogP contribution in [0.2, 0.25) is 0 Å². The van der Waals surface area contributed by atoms with Gasteiger partial charge in [-0.3, -0.25) is 4.79 Å². The van der Waals surface area contributed by atoms with Gasteiger partial charge in [0.25, 0.3) is 0 Å². The molecule has 0 spiro atoms. The second-order valence-electron chi connectivity index (χ2n) is 10.5. The van der Waals surface area contributed by atoms with Crippen molar-refractivity contribution in [2.24, 2.45) is 40.4 Å². The number of ether oxygens (including phenoxy) is 1. The average molecular weight is 389 g/mol. The summed E-state index contributed by atoms with van der Waals surface area (Å²) in [6.07, 6.45) is 11.0. The molecule has 0 radical (unpaired) electrons. The van der Waals surface area contributed by atoms with Gasteiger partial charge in [-0.15, -0.1) is 0 Å². The average Bonchev–Trinajstić information content (AvgIpc) is 3.03. The molecule has 0 aromatic heterocycles. The summed E-state index contributed by atoms with van der Waals surface area (Å²) in [4.78, 5) is 24.2. The third kappa shape index (κ3) is 3.07. The summed E-state index contributed by atoms with van der Waals surface area (Å²) in [5.74, 6) is 2.34. The van der Waals surface area contributed by atoms with Gasteiger partial charge in [-0.05, 0) is 92.3 Å². The summed E-state index contributed by atoms with van der Waals surface area (Å²) in [6.45, 7) is 8.12. The molecule has 8 atom stereocenters. The Morgan fingerprint density at radius 2 is 1.75 bits per heavy atom. The second-order valence-corrected chi connectivity index (χ2v) is 10.5. The smallest absolute Gasteiger partial charge is 0.330 e. The van der Waals surface area contributed by atoms with Gasteiger partial charge in [-0.25, -0.2) is 4.79 Å². The summed E-state index contributed by atoms with van der Waals surface area (Å²) in [6, 6.07) is 0. The minimum Gasteiger partial charge on any atom is -0.455 e. The lowest BCUT2D eigenvalue weighted by atomic mass is 9.44. The van der Waals surface area contributed by atoms with Gasteiger partial charge in [0.1, 0.15) is 0 Å². The Morgan fingerprint density at radius 1 is 1.04 bits per heavy atom. The molecule has 4 fully saturated rings. The van der Waals surface area contributed by atoms with Gasteiger partial charge in [0, 0.05) is 12.0 Å². The standard InChI is InChI=1S/C24H36O4/c1-4-22(27)28-14-21(26)20-8-7-18-17-6-5-15-13-16(25)9-11-23(15,2)19(17)10-12-24(18,20)3/h4,15-20,25H,1,5-14H2,2-3H3. The molecule has 0 bridgehead atoms. The van der Waals surface area contributed by atoms with E-state index in [0.717, 1.165) is 50.5 Å². The summed E-state index contributed by atoms with van der Waals surface area (Å²) < 4.78 is 5.06. The first-order valence-corrected chi connectivity index (χ1v) is 11.3. The van der Waals surface area contributed by atoms with E-state index in [1.165, 1.54) is 19.3 Å². The summed E-state index contributed by atoms with van der Waals surface area (Å²) >= 11 is 0. The van der Waals surface area contributed by atoms with Crippen LogP contribution in [-0.4, -0.2) is 29.6 Å². The fraction of sp³-hybridized carbons (Fsp3) is 0.833. The monoisotopic (exact) mass is 388 g/mol. The van der Waals surface area contributed by atoms with Gasteiger partial charge >= 0.3 is 5.97 Å². The quantitative estimate of drug-likeness (QED) is 0.576. The lowest BCUT2D eigenvalue weighted by Crippen LogP contribution is -2.54. The van der Waals surface area contributed by atoms with Crippen LogP contribution in [0.3, 0.4) is 0 Å². The lowest BCUT2D eigenvalue weighted by molar-refractivity contribution is -0.150. The second kappa shape index (κ2) is 7.27. The maximum absolute atomic E-state index is 12.9. The SMILES string of the molecule is C=CC(=O)OCC(=O)C1CCC2C3CCC4CC(O)CCC4(C)C3CCC12C. The highest BCUT2D eigenvalue weighted by atomic mass is 16.5. The van der Waals surface area contributed by atoms with Gasteiger partial charge in [0.2, 0.25) is 0 Å². The third-order valence-corrected chi connectivity index (χ3v) is 9.55. The van der Waals surface area contributed by atoms with Crippen LogP contribution >= 0.6 is 0 Å². The maximum atomic E-state index is 12.9. The van der Waals surface area contributed by atoms with E-state index >= 15 is 0 Å². The van der Waals surface area contributed by atoms with Crippen molar-refractivity contribution in [2.45, 2.75) is 77.7 Å². The van der Waals surface area contributed by atoms with Crippen molar-refractivity contribution in [3.63, 3.8) is 0 Å². The van der Waals surface area contributed by atoms with E-state index in [4.69, 9.17) is 4.74 Å². The zero-order valence-electron chi connectivity index (χ0n) is 17.5. The fourth-order valence-corrected chi connectivity index (χ4v) is 8.07. The van der Waals surface area contributed by atoms with Crippen molar-refractivity contribution in [1.29, 1.82) is 0 Å². The van der Waals surface area contributed by atoms with Crippen molar-refractivity contribution >= 4 is 11.8 Å². The molecule has 0 amide bonds. The molecular formula is C24H36O4. The third-order valence-electron chi connectivity index (χ3n) is 9.55. The van der Waals surface area contributed by atoms with Crippen LogP contribution < -0.4 is 0 Å².